The molecule has 1 heterocycles. The Morgan fingerprint density at radius 1 is 1.27 bits per heavy atom. The molecule has 0 saturated carbocycles. The molecule has 9 heteroatoms. The van der Waals surface area contributed by atoms with Crippen molar-refractivity contribution in [3.8, 4) is 0 Å². The maximum atomic E-state index is 12.3. The molecule has 1 amide bonds. The van der Waals surface area contributed by atoms with Gasteiger partial charge in [-0.3, -0.25) is 9.67 Å². The van der Waals surface area contributed by atoms with E-state index in [0.29, 0.717) is 19.0 Å². The lowest BCUT2D eigenvalue weighted by Gasteiger charge is -2.34. The van der Waals surface area contributed by atoms with Crippen molar-refractivity contribution < 1.29 is 9.53 Å². The molecule has 30 heavy (non-hydrogen) atoms. The second kappa shape index (κ2) is 11.2. The number of guanidine groups is 1. The van der Waals surface area contributed by atoms with Gasteiger partial charge in [-0.1, -0.05) is 13.8 Å². The molecular formula is C21H41N7O2. The molecule has 0 aliphatic carbocycles. The van der Waals surface area contributed by atoms with Gasteiger partial charge in [-0.15, -0.1) is 0 Å². The van der Waals surface area contributed by atoms with E-state index in [1.54, 1.807) is 11.7 Å². The number of carbonyl (C=O) groups excluding carboxylic acids is 1. The molecule has 1 aromatic heterocycles. The van der Waals surface area contributed by atoms with Gasteiger partial charge in [0.15, 0.2) is 5.96 Å². The molecule has 0 aliphatic heterocycles. The van der Waals surface area contributed by atoms with Crippen LogP contribution in [0.1, 0.15) is 59.1 Å². The van der Waals surface area contributed by atoms with Crippen LogP contribution in [0.5, 0.6) is 0 Å². The minimum atomic E-state index is -0.532. The highest BCUT2D eigenvalue weighted by molar-refractivity contribution is 5.80. The summed E-state index contributed by atoms with van der Waals surface area (Å²) in [7, 11) is 7.74. The quantitative estimate of drug-likeness (QED) is 0.417. The molecule has 1 atom stereocenters. The summed E-state index contributed by atoms with van der Waals surface area (Å²) < 4.78 is 7.25. The molecular weight excluding hydrogens is 382 g/mol. The van der Waals surface area contributed by atoms with Gasteiger partial charge in [-0.2, -0.15) is 5.10 Å². The first-order valence-corrected chi connectivity index (χ1v) is 10.6. The van der Waals surface area contributed by atoms with E-state index < -0.39 is 17.2 Å². The SMILES string of the molecule is CCC(CC)(CNC(=NC)NCC(c1cnn(C)c1)N(C)C)NC(=O)OC(C)(C)C. The summed E-state index contributed by atoms with van der Waals surface area (Å²) in [6, 6.07) is 0.152. The van der Waals surface area contributed by atoms with Gasteiger partial charge < -0.3 is 25.6 Å². The van der Waals surface area contributed by atoms with E-state index in [4.69, 9.17) is 4.74 Å². The van der Waals surface area contributed by atoms with E-state index in [2.05, 4.69) is 44.8 Å². The first-order valence-electron chi connectivity index (χ1n) is 10.6. The fraction of sp³-hybridized carbons (Fsp3) is 0.762. The first kappa shape index (κ1) is 25.7. The van der Waals surface area contributed by atoms with Crippen LogP contribution >= 0.6 is 0 Å². The number of alkyl carbamates (subject to hydrolysis) is 1. The Morgan fingerprint density at radius 3 is 2.33 bits per heavy atom. The average molecular weight is 424 g/mol. The van der Waals surface area contributed by atoms with Crippen molar-refractivity contribution in [1.29, 1.82) is 0 Å². The lowest BCUT2D eigenvalue weighted by atomic mass is 9.93. The molecule has 0 bridgehead atoms. The zero-order valence-corrected chi connectivity index (χ0v) is 20.2. The summed E-state index contributed by atoms with van der Waals surface area (Å²) in [6.45, 7) is 10.9. The number of aliphatic imine (C=N–C) groups is 1. The number of hydrogen-bond donors (Lipinski definition) is 3. The molecule has 172 valence electrons. The van der Waals surface area contributed by atoms with Crippen molar-refractivity contribution in [3.05, 3.63) is 18.0 Å². The molecule has 0 aliphatic rings. The third-order valence-electron chi connectivity index (χ3n) is 5.13. The van der Waals surface area contributed by atoms with Crippen LogP contribution in [-0.4, -0.2) is 72.1 Å². The molecule has 0 aromatic carbocycles. The molecule has 3 N–H and O–H groups in total. The van der Waals surface area contributed by atoms with Crippen LogP contribution in [0.2, 0.25) is 0 Å². The number of aromatic nitrogens is 2. The predicted octanol–water partition coefficient (Wildman–Crippen LogP) is 2.27. The van der Waals surface area contributed by atoms with E-state index in [-0.39, 0.29) is 6.04 Å². The first-order chi connectivity index (χ1) is 13.9. The molecule has 1 rings (SSSR count). The van der Waals surface area contributed by atoms with Crippen LogP contribution in [0, 0.1) is 0 Å². The van der Waals surface area contributed by atoms with Gasteiger partial charge in [-0.25, -0.2) is 4.79 Å². The van der Waals surface area contributed by atoms with Crippen LogP contribution < -0.4 is 16.0 Å². The molecule has 0 fully saturated rings. The molecule has 0 saturated heterocycles. The summed E-state index contributed by atoms with van der Waals surface area (Å²) in [5, 5.41) is 14.1. The number of aryl methyl sites for hydroxylation is 1. The number of ether oxygens (including phenoxy) is 1. The topological polar surface area (TPSA) is 95.8 Å². The number of rotatable bonds is 9. The number of nitrogens with one attached hydrogen (secondary N) is 3. The lowest BCUT2D eigenvalue weighted by Crippen LogP contribution is -2.57. The number of amides is 1. The lowest BCUT2D eigenvalue weighted by molar-refractivity contribution is 0.0448. The van der Waals surface area contributed by atoms with Crippen LogP contribution in [0.4, 0.5) is 4.79 Å². The van der Waals surface area contributed by atoms with Crippen molar-refractivity contribution in [2.45, 2.75) is 64.6 Å². The fourth-order valence-corrected chi connectivity index (χ4v) is 3.12. The van der Waals surface area contributed by atoms with Crippen molar-refractivity contribution in [3.63, 3.8) is 0 Å². The Kier molecular flexibility index (Phi) is 9.61. The molecule has 9 nitrogen and oxygen atoms in total. The molecule has 0 spiro atoms. The van der Waals surface area contributed by atoms with E-state index in [0.717, 1.165) is 18.4 Å². The van der Waals surface area contributed by atoms with Gasteiger partial charge in [0.05, 0.1) is 17.8 Å². The Morgan fingerprint density at radius 2 is 1.90 bits per heavy atom. The van der Waals surface area contributed by atoms with Crippen LogP contribution in [0.15, 0.2) is 17.4 Å². The van der Waals surface area contributed by atoms with Crippen LogP contribution in [-0.2, 0) is 11.8 Å². The Labute approximate surface area is 181 Å². The largest absolute Gasteiger partial charge is 0.444 e. The second-order valence-corrected chi connectivity index (χ2v) is 8.85. The molecule has 1 unspecified atom stereocenters. The van der Waals surface area contributed by atoms with Crippen molar-refractivity contribution in [1.82, 2.24) is 30.6 Å². The van der Waals surface area contributed by atoms with Crippen molar-refractivity contribution in [2.24, 2.45) is 12.0 Å². The minimum absolute atomic E-state index is 0.152. The van der Waals surface area contributed by atoms with Gasteiger partial charge in [0.2, 0.25) is 0 Å². The van der Waals surface area contributed by atoms with Gasteiger partial charge in [0, 0.05) is 38.9 Å². The minimum Gasteiger partial charge on any atom is -0.444 e. The smallest absolute Gasteiger partial charge is 0.408 e. The maximum Gasteiger partial charge on any atom is 0.408 e. The van der Waals surface area contributed by atoms with E-state index in [1.165, 1.54) is 0 Å². The normalized spacial score (nSPS) is 13.9. The zero-order chi connectivity index (χ0) is 22.9. The maximum absolute atomic E-state index is 12.3. The highest BCUT2D eigenvalue weighted by Gasteiger charge is 2.30. The number of carbonyl (C=O) groups is 1. The number of hydrogen-bond acceptors (Lipinski definition) is 5. The van der Waals surface area contributed by atoms with Crippen molar-refractivity contribution >= 4 is 12.1 Å². The Bertz CT molecular complexity index is 688. The van der Waals surface area contributed by atoms with E-state index in [9.17, 15) is 4.79 Å². The van der Waals surface area contributed by atoms with Gasteiger partial charge in [0.1, 0.15) is 5.60 Å². The van der Waals surface area contributed by atoms with Crippen molar-refractivity contribution in [2.75, 3.05) is 34.2 Å². The monoisotopic (exact) mass is 423 g/mol. The Hall–Kier alpha value is -2.29. The standard InChI is InChI=1S/C21H41N7O2/c1-10-21(11-2,26-19(29)30-20(3,4)5)15-24-18(22-6)23-13-17(27(7)8)16-12-25-28(9)14-16/h12,14,17H,10-11,13,15H2,1-9H3,(H,26,29)(H2,22,23,24). The highest BCUT2D eigenvalue weighted by atomic mass is 16.6. The zero-order valence-electron chi connectivity index (χ0n) is 20.2. The third-order valence-corrected chi connectivity index (χ3v) is 5.13. The highest BCUT2D eigenvalue weighted by Crippen LogP contribution is 2.17. The third kappa shape index (κ3) is 8.22. The van der Waals surface area contributed by atoms with E-state index >= 15 is 0 Å². The summed E-state index contributed by atoms with van der Waals surface area (Å²) in [5.74, 6) is 0.683. The average Bonchev–Trinajstić information content (AvgIpc) is 3.07. The van der Waals surface area contributed by atoms with Gasteiger partial charge >= 0.3 is 6.09 Å². The van der Waals surface area contributed by atoms with Crippen LogP contribution in [0.25, 0.3) is 0 Å². The Balaban J connectivity index is 2.73. The predicted molar refractivity (Wildman–Crippen MR) is 122 cm³/mol. The second-order valence-electron chi connectivity index (χ2n) is 8.85. The van der Waals surface area contributed by atoms with Crippen LogP contribution in [0.3, 0.4) is 0 Å². The summed E-state index contributed by atoms with van der Waals surface area (Å²) in [6.07, 6.45) is 5.03. The number of likely N-dealkylation sites (N-methyl/N-ethyl adjacent to an activating group) is 1. The number of nitrogens with zero attached hydrogens (tertiary/aromatic N) is 4. The van der Waals surface area contributed by atoms with Gasteiger partial charge in [-0.05, 0) is 47.7 Å². The van der Waals surface area contributed by atoms with E-state index in [1.807, 2.05) is 54.3 Å². The van der Waals surface area contributed by atoms with Gasteiger partial charge in [0.25, 0.3) is 0 Å². The summed E-state index contributed by atoms with van der Waals surface area (Å²) in [5.41, 5.74) is 0.175. The molecule has 0 radical (unpaired) electrons. The summed E-state index contributed by atoms with van der Waals surface area (Å²) >= 11 is 0. The molecule has 1 aromatic rings. The summed E-state index contributed by atoms with van der Waals surface area (Å²) in [4.78, 5) is 18.8. The fourth-order valence-electron chi connectivity index (χ4n) is 3.12.